The summed E-state index contributed by atoms with van der Waals surface area (Å²) in [5.41, 5.74) is 0. The lowest BCUT2D eigenvalue weighted by Crippen LogP contribution is -2.01. The van der Waals surface area contributed by atoms with E-state index in [-0.39, 0.29) is 4.75 Å². The Kier molecular flexibility index (Phi) is 3.08. The van der Waals surface area contributed by atoms with Crippen molar-refractivity contribution in [3.05, 3.63) is 28.7 Å². The number of hydrogen-bond acceptors (Lipinski definition) is 2. The fourth-order valence-electron chi connectivity index (χ4n) is 1.78. The summed E-state index contributed by atoms with van der Waals surface area (Å²) >= 11 is 5.13. The van der Waals surface area contributed by atoms with Gasteiger partial charge in [-0.05, 0) is 36.6 Å². The zero-order chi connectivity index (χ0) is 10.9. The Balaban J connectivity index is 2.10. The molecule has 0 saturated heterocycles. The molecule has 2 unspecified atom stereocenters. The van der Waals surface area contributed by atoms with Crippen LogP contribution in [0.3, 0.4) is 0 Å². The van der Waals surface area contributed by atoms with Gasteiger partial charge >= 0.3 is 0 Å². The van der Waals surface area contributed by atoms with Gasteiger partial charge in [-0.25, -0.2) is 0 Å². The summed E-state index contributed by atoms with van der Waals surface area (Å²) in [5.74, 6) is 0.580. The highest BCUT2D eigenvalue weighted by molar-refractivity contribution is 9.10. The summed E-state index contributed by atoms with van der Waals surface area (Å²) in [7, 11) is 0. The quantitative estimate of drug-likeness (QED) is 0.828. The fourth-order valence-corrected chi connectivity index (χ4v) is 3.40. The highest BCUT2D eigenvalue weighted by atomic mass is 79.9. The summed E-state index contributed by atoms with van der Waals surface area (Å²) in [6, 6.07) is 10.7. The Morgan fingerprint density at radius 2 is 2.20 bits per heavy atom. The second kappa shape index (κ2) is 4.19. The number of rotatable bonds is 3. The number of halogens is 1. The van der Waals surface area contributed by atoms with E-state index in [0.717, 1.165) is 17.3 Å². The van der Waals surface area contributed by atoms with Gasteiger partial charge in [0.2, 0.25) is 0 Å². The van der Waals surface area contributed by atoms with E-state index >= 15 is 0 Å². The normalized spacial score (nSPS) is 28.5. The predicted octanol–water partition coefficient (Wildman–Crippen LogP) is 4.23. The van der Waals surface area contributed by atoms with E-state index in [9.17, 15) is 5.26 Å². The van der Waals surface area contributed by atoms with Crippen molar-refractivity contribution in [1.82, 2.24) is 0 Å². The van der Waals surface area contributed by atoms with Crippen LogP contribution in [0.15, 0.2) is 33.6 Å². The maximum atomic E-state index is 9.19. The van der Waals surface area contributed by atoms with Crippen LogP contribution in [0.2, 0.25) is 0 Å². The molecule has 0 amide bonds. The summed E-state index contributed by atoms with van der Waals surface area (Å²) < 4.78 is 0.948. The van der Waals surface area contributed by atoms with Crippen LogP contribution in [-0.2, 0) is 0 Å². The number of nitrogens with zero attached hydrogens (tertiary/aromatic N) is 1. The van der Waals surface area contributed by atoms with Crippen molar-refractivity contribution in [2.45, 2.75) is 29.4 Å². The van der Waals surface area contributed by atoms with E-state index in [2.05, 4.69) is 41.1 Å². The molecule has 2 atom stereocenters. The maximum absolute atomic E-state index is 9.19. The molecule has 0 aromatic heterocycles. The smallest absolute Gasteiger partial charge is 0.110 e. The minimum absolute atomic E-state index is 0.136. The summed E-state index contributed by atoms with van der Waals surface area (Å²) in [5, 5.41) is 9.19. The molecule has 0 bridgehead atoms. The molecule has 1 nitrogen and oxygen atoms in total. The van der Waals surface area contributed by atoms with Gasteiger partial charge < -0.3 is 0 Å². The molecule has 0 heterocycles. The molecule has 1 aliphatic carbocycles. The second-order valence-corrected chi connectivity index (χ2v) is 6.19. The minimum atomic E-state index is -0.136. The van der Waals surface area contributed by atoms with Crippen molar-refractivity contribution in [2.75, 3.05) is 0 Å². The highest BCUT2D eigenvalue weighted by Crippen LogP contribution is 2.57. The third-order valence-electron chi connectivity index (χ3n) is 2.84. The van der Waals surface area contributed by atoms with E-state index in [4.69, 9.17) is 0 Å². The molecule has 0 N–H and O–H groups in total. The first-order valence-corrected chi connectivity index (χ1v) is 6.67. The number of thioether (sulfide) groups is 1. The molecule has 78 valence electrons. The van der Waals surface area contributed by atoms with Crippen molar-refractivity contribution in [2.24, 2.45) is 5.92 Å². The summed E-state index contributed by atoms with van der Waals surface area (Å²) in [6.45, 7) is 2.16. The SMILES string of the molecule is CCC1CC1(C#N)Sc1ccc(Br)cc1. The van der Waals surface area contributed by atoms with Crippen LogP contribution in [0.1, 0.15) is 19.8 Å². The van der Waals surface area contributed by atoms with Crippen molar-refractivity contribution in [3.8, 4) is 6.07 Å². The molecule has 1 aromatic rings. The van der Waals surface area contributed by atoms with Crippen LogP contribution in [-0.4, -0.2) is 4.75 Å². The molecule has 1 fully saturated rings. The van der Waals surface area contributed by atoms with Crippen LogP contribution in [0, 0.1) is 17.2 Å². The van der Waals surface area contributed by atoms with Gasteiger partial charge in [0.05, 0.1) is 6.07 Å². The van der Waals surface area contributed by atoms with Gasteiger partial charge in [0.25, 0.3) is 0 Å². The van der Waals surface area contributed by atoms with E-state index in [1.807, 2.05) is 12.1 Å². The largest absolute Gasteiger partial charge is 0.197 e. The molecule has 0 aliphatic heterocycles. The molecule has 1 aliphatic rings. The Bertz CT molecular complexity index is 395. The van der Waals surface area contributed by atoms with Crippen molar-refractivity contribution >= 4 is 27.7 Å². The minimum Gasteiger partial charge on any atom is -0.197 e. The van der Waals surface area contributed by atoms with Crippen LogP contribution in [0.25, 0.3) is 0 Å². The molecular weight excluding hydrogens is 270 g/mol. The van der Waals surface area contributed by atoms with E-state index in [1.54, 1.807) is 11.8 Å². The van der Waals surface area contributed by atoms with Gasteiger partial charge in [0.1, 0.15) is 4.75 Å². The molecular formula is C12H12BrNS. The molecule has 15 heavy (non-hydrogen) atoms. The average Bonchev–Trinajstić information content (AvgIpc) is 2.96. The van der Waals surface area contributed by atoms with E-state index in [0.29, 0.717) is 5.92 Å². The van der Waals surface area contributed by atoms with Gasteiger partial charge in [0.15, 0.2) is 0 Å². The van der Waals surface area contributed by atoms with Crippen molar-refractivity contribution in [3.63, 3.8) is 0 Å². The Labute approximate surface area is 103 Å². The lowest BCUT2D eigenvalue weighted by atomic mass is 10.3. The first-order valence-electron chi connectivity index (χ1n) is 5.06. The first kappa shape index (κ1) is 11.0. The standard InChI is InChI=1S/C12H12BrNS/c1-2-9-7-12(9,8-14)15-11-5-3-10(13)4-6-11/h3-6,9H,2,7H2,1H3. The van der Waals surface area contributed by atoms with Crippen LogP contribution in [0.5, 0.6) is 0 Å². The molecule has 3 heteroatoms. The fraction of sp³-hybridized carbons (Fsp3) is 0.417. The Morgan fingerprint density at radius 3 is 2.67 bits per heavy atom. The Hall–Kier alpha value is -0.460. The lowest BCUT2D eigenvalue weighted by Gasteiger charge is -2.07. The van der Waals surface area contributed by atoms with E-state index < -0.39 is 0 Å². The van der Waals surface area contributed by atoms with Gasteiger partial charge in [0, 0.05) is 9.37 Å². The summed E-state index contributed by atoms with van der Waals surface area (Å²) in [4.78, 5) is 1.19. The number of benzene rings is 1. The monoisotopic (exact) mass is 281 g/mol. The number of hydrogen-bond donors (Lipinski definition) is 0. The van der Waals surface area contributed by atoms with Crippen molar-refractivity contribution in [1.29, 1.82) is 5.26 Å². The maximum Gasteiger partial charge on any atom is 0.110 e. The lowest BCUT2D eigenvalue weighted by molar-refractivity contribution is 0.776. The molecule has 0 spiro atoms. The predicted molar refractivity (Wildman–Crippen MR) is 66.7 cm³/mol. The first-order chi connectivity index (χ1) is 7.20. The van der Waals surface area contributed by atoms with Gasteiger partial charge in [-0.2, -0.15) is 5.26 Å². The van der Waals surface area contributed by atoms with Crippen LogP contribution < -0.4 is 0 Å². The van der Waals surface area contributed by atoms with Gasteiger partial charge in [-0.3, -0.25) is 0 Å². The van der Waals surface area contributed by atoms with Gasteiger partial charge in [-0.15, -0.1) is 11.8 Å². The molecule has 1 saturated carbocycles. The molecule has 0 radical (unpaired) electrons. The van der Waals surface area contributed by atoms with E-state index in [1.165, 1.54) is 4.90 Å². The van der Waals surface area contributed by atoms with Gasteiger partial charge in [-0.1, -0.05) is 29.3 Å². The number of nitriles is 1. The third kappa shape index (κ3) is 2.21. The second-order valence-electron chi connectivity index (χ2n) is 3.87. The molecule has 2 rings (SSSR count). The zero-order valence-corrected chi connectivity index (χ0v) is 10.9. The topological polar surface area (TPSA) is 23.8 Å². The third-order valence-corrected chi connectivity index (χ3v) is 4.84. The van der Waals surface area contributed by atoms with Crippen LogP contribution >= 0.6 is 27.7 Å². The average molecular weight is 282 g/mol. The highest BCUT2D eigenvalue weighted by Gasteiger charge is 2.54. The Morgan fingerprint density at radius 1 is 1.53 bits per heavy atom. The molecule has 1 aromatic carbocycles. The summed E-state index contributed by atoms with van der Waals surface area (Å²) in [6.07, 6.45) is 2.15. The zero-order valence-electron chi connectivity index (χ0n) is 8.53. The van der Waals surface area contributed by atoms with Crippen LogP contribution in [0.4, 0.5) is 0 Å². The van der Waals surface area contributed by atoms with Crippen molar-refractivity contribution < 1.29 is 0 Å².